The van der Waals surface area contributed by atoms with Crippen LogP contribution in [0, 0.1) is 0 Å². The molecule has 1 N–H and O–H groups in total. The van der Waals surface area contributed by atoms with Gasteiger partial charge in [-0.15, -0.1) is 0 Å². The predicted molar refractivity (Wildman–Crippen MR) is 129 cm³/mol. The minimum Gasteiger partial charge on any atom is -0.488 e. The Kier molecular flexibility index (Phi) is 6.65. The van der Waals surface area contributed by atoms with Crippen molar-refractivity contribution in [1.29, 1.82) is 0 Å². The van der Waals surface area contributed by atoms with Crippen LogP contribution in [0.4, 0.5) is 0 Å². The molecular formula is C25H18BrClN2O2. The average Bonchev–Trinajstić information content (AvgIpc) is 2.79. The van der Waals surface area contributed by atoms with Crippen molar-refractivity contribution in [3.8, 4) is 5.75 Å². The van der Waals surface area contributed by atoms with Crippen molar-refractivity contribution < 1.29 is 9.53 Å². The molecule has 6 heteroatoms. The number of nitrogens with one attached hydrogen (secondary N) is 1. The van der Waals surface area contributed by atoms with Crippen LogP contribution in [0.3, 0.4) is 0 Å². The number of nitrogens with zero attached hydrogens (tertiary/aromatic N) is 1. The lowest BCUT2D eigenvalue weighted by molar-refractivity contribution is 0.0957. The van der Waals surface area contributed by atoms with Crippen LogP contribution in [0.5, 0.6) is 5.75 Å². The summed E-state index contributed by atoms with van der Waals surface area (Å²) in [6.45, 7) is 0.435. The zero-order valence-electron chi connectivity index (χ0n) is 16.4. The molecule has 0 aliphatic rings. The van der Waals surface area contributed by atoms with Crippen molar-refractivity contribution >= 4 is 50.4 Å². The largest absolute Gasteiger partial charge is 0.488 e. The van der Waals surface area contributed by atoms with Gasteiger partial charge in [0.2, 0.25) is 0 Å². The molecule has 4 rings (SSSR count). The topological polar surface area (TPSA) is 50.7 Å². The number of hydrogen-bond acceptors (Lipinski definition) is 3. The van der Waals surface area contributed by atoms with Gasteiger partial charge in [0.15, 0.2) is 0 Å². The fourth-order valence-corrected chi connectivity index (χ4v) is 3.74. The van der Waals surface area contributed by atoms with Crippen molar-refractivity contribution in [2.24, 2.45) is 5.10 Å². The summed E-state index contributed by atoms with van der Waals surface area (Å²) < 4.78 is 6.65. The summed E-state index contributed by atoms with van der Waals surface area (Å²) in [5, 5.41) is 6.70. The Balaban J connectivity index is 1.39. The van der Waals surface area contributed by atoms with E-state index in [0.29, 0.717) is 22.9 Å². The van der Waals surface area contributed by atoms with Gasteiger partial charge >= 0.3 is 0 Å². The minimum atomic E-state index is -0.255. The van der Waals surface area contributed by atoms with E-state index < -0.39 is 0 Å². The smallest absolute Gasteiger partial charge is 0.271 e. The van der Waals surface area contributed by atoms with Crippen LogP contribution in [0.25, 0.3) is 10.8 Å². The van der Waals surface area contributed by atoms with Gasteiger partial charge < -0.3 is 4.74 Å². The zero-order valence-corrected chi connectivity index (χ0v) is 18.7. The number of amides is 1. The van der Waals surface area contributed by atoms with E-state index >= 15 is 0 Å². The molecule has 4 aromatic rings. The molecule has 0 unspecified atom stereocenters. The molecule has 4 nitrogen and oxygen atoms in total. The Labute approximate surface area is 193 Å². The summed E-state index contributed by atoms with van der Waals surface area (Å²) in [4.78, 5) is 12.5. The summed E-state index contributed by atoms with van der Waals surface area (Å²) in [5.74, 6) is 0.460. The van der Waals surface area contributed by atoms with E-state index in [1.807, 2.05) is 78.9 Å². The first kappa shape index (κ1) is 21.1. The second-order valence-electron chi connectivity index (χ2n) is 6.83. The SMILES string of the molecule is O=C(N/N=C\c1ccc(OCc2ccc(Cl)cc2)c(Br)c1)c1cccc2ccccc12. The number of rotatable bonds is 6. The van der Waals surface area contributed by atoms with E-state index in [1.54, 1.807) is 12.3 Å². The number of ether oxygens (including phenoxy) is 1. The number of benzene rings is 4. The van der Waals surface area contributed by atoms with Crippen LogP contribution >= 0.6 is 27.5 Å². The molecule has 0 spiro atoms. The van der Waals surface area contributed by atoms with Crippen molar-refractivity contribution in [1.82, 2.24) is 5.43 Å². The normalized spacial score (nSPS) is 11.0. The fraction of sp³-hybridized carbons (Fsp3) is 0.0400. The van der Waals surface area contributed by atoms with Crippen LogP contribution in [-0.4, -0.2) is 12.1 Å². The molecule has 0 atom stereocenters. The molecule has 0 fully saturated rings. The highest BCUT2D eigenvalue weighted by atomic mass is 79.9. The molecule has 0 saturated heterocycles. The van der Waals surface area contributed by atoms with Gasteiger partial charge in [-0.2, -0.15) is 5.10 Å². The molecule has 0 bridgehead atoms. The third-order valence-corrected chi connectivity index (χ3v) is 5.55. The maximum atomic E-state index is 12.5. The van der Waals surface area contributed by atoms with Gasteiger partial charge in [0.25, 0.3) is 5.91 Å². The van der Waals surface area contributed by atoms with Gasteiger partial charge in [0.05, 0.1) is 10.7 Å². The molecule has 0 aliphatic carbocycles. The monoisotopic (exact) mass is 492 g/mol. The first-order valence-electron chi connectivity index (χ1n) is 9.58. The molecule has 0 heterocycles. The number of hydrogen-bond donors (Lipinski definition) is 1. The van der Waals surface area contributed by atoms with E-state index in [9.17, 15) is 4.79 Å². The van der Waals surface area contributed by atoms with Crippen LogP contribution in [0.1, 0.15) is 21.5 Å². The van der Waals surface area contributed by atoms with Crippen LogP contribution < -0.4 is 10.2 Å². The Morgan fingerprint density at radius 3 is 2.58 bits per heavy atom. The summed E-state index contributed by atoms with van der Waals surface area (Å²) >= 11 is 9.43. The first-order chi connectivity index (χ1) is 15.1. The Hall–Kier alpha value is -3.15. The van der Waals surface area contributed by atoms with Crippen LogP contribution in [0.15, 0.2) is 94.5 Å². The van der Waals surface area contributed by atoms with E-state index in [-0.39, 0.29) is 5.91 Å². The number of halogens is 2. The quantitative estimate of drug-likeness (QED) is 0.243. The summed E-state index contributed by atoms with van der Waals surface area (Å²) in [6.07, 6.45) is 1.59. The van der Waals surface area contributed by atoms with Gasteiger partial charge in [0, 0.05) is 10.6 Å². The molecule has 0 aromatic heterocycles. The van der Waals surface area contributed by atoms with E-state index in [4.69, 9.17) is 16.3 Å². The average molecular weight is 494 g/mol. The molecular weight excluding hydrogens is 476 g/mol. The highest BCUT2D eigenvalue weighted by molar-refractivity contribution is 9.10. The van der Waals surface area contributed by atoms with E-state index in [2.05, 4.69) is 26.5 Å². The van der Waals surface area contributed by atoms with Crippen molar-refractivity contribution in [3.63, 3.8) is 0 Å². The summed E-state index contributed by atoms with van der Waals surface area (Å²) in [5.41, 5.74) is 5.03. The van der Waals surface area contributed by atoms with Crippen molar-refractivity contribution in [2.45, 2.75) is 6.61 Å². The maximum absolute atomic E-state index is 12.5. The Bertz CT molecular complexity index is 1250. The Morgan fingerprint density at radius 2 is 1.77 bits per heavy atom. The Morgan fingerprint density at radius 1 is 1.00 bits per heavy atom. The van der Waals surface area contributed by atoms with Gasteiger partial charge in [-0.05, 0) is 74.2 Å². The number of carbonyl (C=O) groups is 1. The van der Waals surface area contributed by atoms with Gasteiger partial charge in [0.1, 0.15) is 12.4 Å². The standard InChI is InChI=1S/C25H18BrClN2O2/c26-23-14-18(10-13-24(23)31-16-17-8-11-20(27)12-9-17)15-28-29-25(30)22-7-3-5-19-4-1-2-6-21(19)22/h1-15H,16H2,(H,29,30)/b28-15-. The number of hydrazone groups is 1. The fourth-order valence-electron chi connectivity index (χ4n) is 3.11. The van der Waals surface area contributed by atoms with Crippen LogP contribution in [-0.2, 0) is 6.61 Å². The van der Waals surface area contributed by atoms with Crippen LogP contribution in [0.2, 0.25) is 5.02 Å². The third-order valence-electron chi connectivity index (χ3n) is 4.68. The first-order valence-corrected chi connectivity index (χ1v) is 10.8. The van der Waals surface area contributed by atoms with Crippen molar-refractivity contribution in [2.75, 3.05) is 0 Å². The second kappa shape index (κ2) is 9.77. The van der Waals surface area contributed by atoms with Gasteiger partial charge in [-0.1, -0.05) is 60.1 Å². The highest BCUT2D eigenvalue weighted by Crippen LogP contribution is 2.26. The summed E-state index contributed by atoms with van der Waals surface area (Å²) in [6, 6.07) is 26.5. The van der Waals surface area contributed by atoms with Crippen molar-refractivity contribution in [3.05, 3.63) is 111 Å². The lowest BCUT2D eigenvalue weighted by Gasteiger charge is -2.09. The molecule has 154 valence electrons. The molecule has 0 radical (unpaired) electrons. The zero-order chi connectivity index (χ0) is 21.6. The lowest BCUT2D eigenvalue weighted by atomic mass is 10.0. The number of fused-ring (bicyclic) bond motifs is 1. The molecule has 4 aromatic carbocycles. The maximum Gasteiger partial charge on any atom is 0.271 e. The molecule has 0 saturated carbocycles. The highest BCUT2D eigenvalue weighted by Gasteiger charge is 2.08. The molecule has 1 amide bonds. The molecule has 31 heavy (non-hydrogen) atoms. The molecule has 0 aliphatic heterocycles. The number of carbonyl (C=O) groups excluding carboxylic acids is 1. The van der Waals surface area contributed by atoms with E-state index in [0.717, 1.165) is 26.4 Å². The van der Waals surface area contributed by atoms with Gasteiger partial charge in [-0.3, -0.25) is 4.79 Å². The second-order valence-corrected chi connectivity index (χ2v) is 8.12. The van der Waals surface area contributed by atoms with Gasteiger partial charge in [-0.25, -0.2) is 5.43 Å². The third kappa shape index (κ3) is 5.32. The predicted octanol–water partition coefficient (Wildman–Crippen LogP) is 6.60. The van der Waals surface area contributed by atoms with E-state index in [1.165, 1.54) is 0 Å². The minimum absolute atomic E-state index is 0.255. The lowest BCUT2D eigenvalue weighted by Crippen LogP contribution is -2.17. The summed E-state index contributed by atoms with van der Waals surface area (Å²) in [7, 11) is 0.